The maximum absolute atomic E-state index is 11.0. The molecule has 1 unspecified atom stereocenters. The van der Waals surface area contributed by atoms with Gasteiger partial charge in [-0.3, -0.25) is 0 Å². The average Bonchev–Trinajstić information content (AvgIpc) is 2.93. The van der Waals surface area contributed by atoms with Crippen molar-refractivity contribution in [3.63, 3.8) is 0 Å². The topological polar surface area (TPSA) is 47.6 Å². The number of nitrogens with one attached hydrogen (secondary N) is 1. The fourth-order valence-corrected chi connectivity index (χ4v) is 2.10. The van der Waals surface area contributed by atoms with Crippen LogP contribution in [-0.2, 0) is 11.3 Å². The summed E-state index contributed by atoms with van der Waals surface area (Å²) in [5.41, 5.74) is 2.15. The number of rotatable bonds is 4. The van der Waals surface area contributed by atoms with Crippen LogP contribution in [0.2, 0.25) is 0 Å². The molecule has 4 heteroatoms. The molecule has 1 aliphatic heterocycles. The van der Waals surface area contributed by atoms with Gasteiger partial charge in [0.05, 0.1) is 6.04 Å². The first kappa shape index (κ1) is 12.5. The average molecular weight is 269 g/mol. The standard InChI is InChI=1S/C16H15NO3/c18-16-17-15(11-20-16)13-6-8-14(9-7-13)19-10-12-4-2-1-3-5-12/h1-9,15H,10-11H2,(H,17,18). The largest absolute Gasteiger partial charge is 0.489 e. The number of benzene rings is 2. The molecule has 1 atom stereocenters. The van der Waals surface area contributed by atoms with Crippen LogP contribution in [0.5, 0.6) is 5.75 Å². The van der Waals surface area contributed by atoms with Gasteiger partial charge in [0.25, 0.3) is 0 Å². The molecule has 2 aromatic rings. The Balaban J connectivity index is 1.60. The summed E-state index contributed by atoms with van der Waals surface area (Å²) in [5.74, 6) is 0.808. The molecule has 0 spiro atoms. The van der Waals surface area contributed by atoms with Crippen LogP contribution in [0.1, 0.15) is 17.2 Å². The van der Waals surface area contributed by atoms with Gasteiger partial charge in [0.2, 0.25) is 0 Å². The summed E-state index contributed by atoms with van der Waals surface area (Å²) in [6, 6.07) is 17.7. The van der Waals surface area contributed by atoms with Crippen LogP contribution in [0.4, 0.5) is 4.79 Å². The lowest BCUT2D eigenvalue weighted by molar-refractivity contribution is 0.177. The molecular formula is C16H15NO3. The lowest BCUT2D eigenvalue weighted by Crippen LogP contribution is -2.18. The normalized spacial score (nSPS) is 17.4. The summed E-state index contributed by atoms with van der Waals surface area (Å²) in [5, 5.41) is 2.75. The van der Waals surface area contributed by atoms with E-state index in [1.165, 1.54) is 0 Å². The van der Waals surface area contributed by atoms with Crippen molar-refractivity contribution in [2.75, 3.05) is 6.61 Å². The molecule has 20 heavy (non-hydrogen) atoms. The van der Waals surface area contributed by atoms with E-state index in [1.807, 2.05) is 54.6 Å². The number of ether oxygens (including phenoxy) is 2. The van der Waals surface area contributed by atoms with Crippen LogP contribution in [0.15, 0.2) is 54.6 Å². The van der Waals surface area contributed by atoms with Crippen molar-refractivity contribution in [3.8, 4) is 5.75 Å². The third-order valence-electron chi connectivity index (χ3n) is 3.20. The van der Waals surface area contributed by atoms with E-state index >= 15 is 0 Å². The molecule has 0 aliphatic carbocycles. The van der Waals surface area contributed by atoms with E-state index in [2.05, 4.69) is 5.32 Å². The smallest absolute Gasteiger partial charge is 0.407 e. The minimum atomic E-state index is -0.362. The van der Waals surface area contributed by atoms with Crippen LogP contribution in [0.25, 0.3) is 0 Å². The highest BCUT2D eigenvalue weighted by atomic mass is 16.6. The number of alkyl carbamates (subject to hydrolysis) is 1. The number of carbonyl (C=O) groups excluding carboxylic acids is 1. The summed E-state index contributed by atoms with van der Waals surface area (Å²) < 4.78 is 10.6. The quantitative estimate of drug-likeness (QED) is 0.928. The summed E-state index contributed by atoms with van der Waals surface area (Å²) in [6.45, 7) is 0.923. The Hall–Kier alpha value is -2.49. The van der Waals surface area contributed by atoms with E-state index in [0.29, 0.717) is 13.2 Å². The SMILES string of the molecule is O=C1NC(c2ccc(OCc3ccccc3)cc2)CO1. The van der Waals surface area contributed by atoms with E-state index in [1.54, 1.807) is 0 Å². The third-order valence-corrected chi connectivity index (χ3v) is 3.20. The van der Waals surface area contributed by atoms with Crippen LogP contribution < -0.4 is 10.1 Å². The van der Waals surface area contributed by atoms with Crippen molar-refractivity contribution in [2.24, 2.45) is 0 Å². The first-order valence-electron chi connectivity index (χ1n) is 6.51. The van der Waals surface area contributed by atoms with Crippen LogP contribution in [-0.4, -0.2) is 12.7 Å². The van der Waals surface area contributed by atoms with E-state index < -0.39 is 0 Å². The zero-order valence-electron chi connectivity index (χ0n) is 10.9. The molecule has 1 heterocycles. The van der Waals surface area contributed by atoms with Gasteiger partial charge < -0.3 is 14.8 Å². The highest BCUT2D eigenvalue weighted by Gasteiger charge is 2.23. The number of hydrogen-bond acceptors (Lipinski definition) is 3. The fourth-order valence-electron chi connectivity index (χ4n) is 2.10. The zero-order valence-corrected chi connectivity index (χ0v) is 10.9. The Kier molecular flexibility index (Phi) is 3.54. The van der Waals surface area contributed by atoms with Crippen molar-refractivity contribution in [3.05, 3.63) is 65.7 Å². The monoisotopic (exact) mass is 269 g/mol. The number of carbonyl (C=O) groups is 1. The first-order valence-corrected chi connectivity index (χ1v) is 6.51. The number of cyclic esters (lactones) is 1. The van der Waals surface area contributed by atoms with Gasteiger partial charge >= 0.3 is 6.09 Å². The van der Waals surface area contributed by atoms with Crippen molar-refractivity contribution in [1.82, 2.24) is 5.32 Å². The molecule has 4 nitrogen and oxygen atoms in total. The lowest BCUT2D eigenvalue weighted by atomic mass is 10.1. The van der Waals surface area contributed by atoms with Crippen molar-refractivity contribution in [1.29, 1.82) is 0 Å². The second-order valence-electron chi connectivity index (χ2n) is 4.64. The maximum atomic E-state index is 11.0. The van der Waals surface area contributed by atoms with Crippen LogP contribution in [0, 0.1) is 0 Å². The zero-order chi connectivity index (χ0) is 13.8. The molecule has 1 amide bonds. The molecule has 102 valence electrons. The van der Waals surface area contributed by atoms with Crippen molar-refractivity contribution < 1.29 is 14.3 Å². The molecule has 1 aliphatic rings. The molecule has 0 saturated carbocycles. The van der Waals surface area contributed by atoms with Crippen LogP contribution in [0.3, 0.4) is 0 Å². The summed E-state index contributed by atoms with van der Waals surface area (Å²) in [6.07, 6.45) is -0.362. The molecule has 3 rings (SSSR count). The highest BCUT2D eigenvalue weighted by Crippen LogP contribution is 2.21. The summed E-state index contributed by atoms with van der Waals surface area (Å²) in [7, 11) is 0. The van der Waals surface area contributed by atoms with E-state index in [0.717, 1.165) is 16.9 Å². The Morgan fingerprint density at radius 2 is 1.85 bits per heavy atom. The minimum Gasteiger partial charge on any atom is -0.489 e. The number of amides is 1. The summed E-state index contributed by atoms with van der Waals surface area (Å²) in [4.78, 5) is 11.0. The van der Waals surface area contributed by atoms with Gasteiger partial charge in [0.1, 0.15) is 19.0 Å². The molecular weight excluding hydrogens is 254 g/mol. The molecule has 0 bridgehead atoms. The number of hydrogen-bond donors (Lipinski definition) is 1. The van der Waals surface area contributed by atoms with Gasteiger partial charge in [-0.05, 0) is 23.3 Å². The predicted molar refractivity (Wildman–Crippen MR) is 74.4 cm³/mol. The first-order chi connectivity index (χ1) is 9.81. The maximum Gasteiger partial charge on any atom is 0.407 e. The van der Waals surface area contributed by atoms with Crippen molar-refractivity contribution in [2.45, 2.75) is 12.6 Å². The van der Waals surface area contributed by atoms with Gasteiger partial charge in [-0.25, -0.2) is 4.79 Å². The minimum absolute atomic E-state index is 0.0642. The van der Waals surface area contributed by atoms with Gasteiger partial charge in [0.15, 0.2) is 0 Å². The van der Waals surface area contributed by atoms with Gasteiger partial charge in [-0.2, -0.15) is 0 Å². The highest BCUT2D eigenvalue weighted by molar-refractivity contribution is 5.70. The van der Waals surface area contributed by atoms with Gasteiger partial charge in [-0.1, -0.05) is 42.5 Å². The van der Waals surface area contributed by atoms with Crippen LogP contribution >= 0.6 is 0 Å². The second-order valence-corrected chi connectivity index (χ2v) is 4.64. The van der Waals surface area contributed by atoms with Gasteiger partial charge in [0, 0.05) is 0 Å². The Labute approximate surface area is 117 Å². The molecule has 2 aromatic carbocycles. The van der Waals surface area contributed by atoms with Gasteiger partial charge in [-0.15, -0.1) is 0 Å². The Morgan fingerprint density at radius 3 is 2.50 bits per heavy atom. The van der Waals surface area contributed by atoms with E-state index in [4.69, 9.17) is 9.47 Å². The van der Waals surface area contributed by atoms with E-state index in [-0.39, 0.29) is 12.1 Å². The summed E-state index contributed by atoms with van der Waals surface area (Å²) >= 11 is 0. The molecule has 1 fully saturated rings. The lowest BCUT2D eigenvalue weighted by Gasteiger charge is -2.10. The Morgan fingerprint density at radius 1 is 1.10 bits per heavy atom. The fraction of sp³-hybridized carbons (Fsp3) is 0.188. The molecule has 1 N–H and O–H groups in total. The van der Waals surface area contributed by atoms with Crippen molar-refractivity contribution >= 4 is 6.09 Å². The predicted octanol–water partition coefficient (Wildman–Crippen LogP) is 3.05. The Bertz CT molecular complexity index is 580. The third kappa shape index (κ3) is 2.91. The van der Waals surface area contributed by atoms with E-state index in [9.17, 15) is 4.79 Å². The second kappa shape index (κ2) is 5.65. The molecule has 0 aromatic heterocycles. The molecule has 0 radical (unpaired) electrons. The molecule has 1 saturated heterocycles.